The Hall–Kier alpha value is -1.24. The van der Waals surface area contributed by atoms with Gasteiger partial charge in [0.15, 0.2) is 9.76 Å². The standard InChI is InChI=1S/C19H35N3O2Si/c1-18(2,3)25-24-19(4,5)14-12-15(20)17(23-7)13-16(14)22-10-8-21(6)9-11-22/h12-13H,8-11,20,25H2,1-7H3. The number of hydrogen-bond acceptors (Lipinski definition) is 5. The third-order valence-electron chi connectivity index (χ3n) is 4.71. The molecule has 0 radical (unpaired) electrons. The van der Waals surface area contributed by atoms with Gasteiger partial charge in [-0.15, -0.1) is 0 Å². The molecule has 0 spiro atoms. The Morgan fingerprint density at radius 1 is 1.04 bits per heavy atom. The van der Waals surface area contributed by atoms with Gasteiger partial charge in [0.05, 0.1) is 18.4 Å². The van der Waals surface area contributed by atoms with E-state index in [-0.39, 0.29) is 10.6 Å². The highest BCUT2D eigenvalue weighted by molar-refractivity contribution is 6.31. The molecule has 1 aliphatic heterocycles. The zero-order valence-electron chi connectivity index (χ0n) is 17.0. The largest absolute Gasteiger partial charge is 0.495 e. The lowest BCUT2D eigenvalue weighted by Crippen LogP contribution is -2.45. The summed E-state index contributed by atoms with van der Waals surface area (Å²) in [5.74, 6) is 0.738. The quantitative estimate of drug-likeness (QED) is 0.642. The molecule has 142 valence electrons. The number of benzene rings is 1. The summed E-state index contributed by atoms with van der Waals surface area (Å²) in [6.07, 6.45) is 0. The maximum Gasteiger partial charge on any atom is 0.168 e. The van der Waals surface area contributed by atoms with Crippen molar-refractivity contribution in [1.82, 2.24) is 4.90 Å². The zero-order chi connectivity index (χ0) is 18.8. The molecule has 0 aromatic heterocycles. The van der Waals surface area contributed by atoms with E-state index in [9.17, 15) is 0 Å². The Morgan fingerprint density at radius 2 is 1.64 bits per heavy atom. The minimum Gasteiger partial charge on any atom is -0.495 e. The lowest BCUT2D eigenvalue weighted by Gasteiger charge is -2.39. The van der Waals surface area contributed by atoms with E-state index in [4.69, 9.17) is 14.9 Å². The molecule has 0 unspecified atom stereocenters. The second-order valence-corrected chi connectivity index (χ2v) is 11.5. The molecule has 5 nitrogen and oxygen atoms in total. The minimum atomic E-state index is -0.677. The number of likely N-dealkylation sites (N-methyl/N-ethyl adjacent to an activating group) is 1. The van der Waals surface area contributed by atoms with Crippen molar-refractivity contribution in [3.8, 4) is 5.75 Å². The first-order valence-electron chi connectivity index (χ1n) is 9.09. The molecule has 1 saturated heterocycles. The summed E-state index contributed by atoms with van der Waals surface area (Å²) in [7, 11) is 3.17. The minimum absolute atomic E-state index is 0.253. The van der Waals surface area contributed by atoms with Gasteiger partial charge in [0, 0.05) is 43.5 Å². The number of ether oxygens (including phenoxy) is 1. The predicted octanol–water partition coefficient (Wildman–Crippen LogP) is 2.58. The maximum atomic E-state index is 6.47. The van der Waals surface area contributed by atoms with Crippen LogP contribution in [0, 0.1) is 0 Å². The fourth-order valence-corrected chi connectivity index (χ4v) is 3.98. The van der Waals surface area contributed by atoms with Crippen LogP contribution in [0.15, 0.2) is 12.1 Å². The number of methoxy groups -OCH3 is 1. The first-order chi connectivity index (χ1) is 11.5. The zero-order valence-corrected chi connectivity index (χ0v) is 18.4. The number of nitrogen functional groups attached to an aromatic ring is 1. The van der Waals surface area contributed by atoms with E-state index < -0.39 is 9.76 Å². The summed E-state index contributed by atoms with van der Waals surface area (Å²) in [6.45, 7) is 15.2. The van der Waals surface area contributed by atoms with E-state index in [1.54, 1.807) is 7.11 Å². The van der Waals surface area contributed by atoms with Crippen LogP contribution in [-0.4, -0.2) is 55.0 Å². The fraction of sp³-hybridized carbons (Fsp3) is 0.684. The number of rotatable bonds is 5. The molecular formula is C19H35N3O2Si. The molecule has 1 aliphatic rings. The molecule has 0 saturated carbocycles. The molecule has 0 atom stereocenters. The third kappa shape index (κ3) is 5.12. The molecular weight excluding hydrogens is 330 g/mol. The van der Waals surface area contributed by atoms with Crippen molar-refractivity contribution in [3.05, 3.63) is 17.7 Å². The van der Waals surface area contributed by atoms with Crippen molar-refractivity contribution in [2.45, 2.75) is 45.3 Å². The van der Waals surface area contributed by atoms with E-state index >= 15 is 0 Å². The molecule has 0 bridgehead atoms. The fourth-order valence-electron chi connectivity index (χ4n) is 3.03. The van der Waals surface area contributed by atoms with Crippen LogP contribution in [0.2, 0.25) is 5.04 Å². The highest BCUT2D eigenvalue weighted by Gasteiger charge is 2.30. The smallest absolute Gasteiger partial charge is 0.168 e. The van der Waals surface area contributed by atoms with Crippen LogP contribution in [0.3, 0.4) is 0 Å². The maximum absolute atomic E-state index is 6.47. The molecule has 1 aromatic carbocycles. The number of nitrogens with two attached hydrogens (primary N) is 1. The first kappa shape index (κ1) is 20.1. The van der Waals surface area contributed by atoms with Crippen LogP contribution in [0.5, 0.6) is 5.75 Å². The van der Waals surface area contributed by atoms with Crippen molar-refractivity contribution in [2.24, 2.45) is 0 Å². The summed E-state index contributed by atoms with van der Waals surface area (Å²) in [4.78, 5) is 4.79. The molecule has 1 aromatic rings. The van der Waals surface area contributed by atoms with Crippen LogP contribution in [0.1, 0.15) is 40.2 Å². The van der Waals surface area contributed by atoms with E-state index in [0.29, 0.717) is 5.69 Å². The first-order valence-corrected chi connectivity index (χ1v) is 10.4. The predicted molar refractivity (Wildman–Crippen MR) is 109 cm³/mol. The summed E-state index contributed by atoms with van der Waals surface area (Å²) in [5, 5.41) is 0.253. The average molecular weight is 366 g/mol. The van der Waals surface area contributed by atoms with E-state index in [1.165, 1.54) is 5.69 Å². The van der Waals surface area contributed by atoms with Gasteiger partial charge >= 0.3 is 0 Å². The Balaban J connectivity index is 2.39. The van der Waals surface area contributed by atoms with Crippen molar-refractivity contribution >= 4 is 21.1 Å². The van der Waals surface area contributed by atoms with Gasteiger partial charge in [-0.05, 0) is 32.0 Å². The number of nitrogens with zero attached hydrogens (tertiary/aromatic N) is 2. The van der Waals surface area contributed by atoms with Crippen molar-refractivity contribution in [1.29, 1.82) is 0 Å². The topological polar surface area (TPSA) is 51.0 Å². The van der Waals surface area contributed by atoms with Crippen LogP contribution < -0.4 is 15.4 Å². The van der Waals surface area contributed by atoms with Gasteiger partial charge < -0.3 is 24.7 Å². The Kier molecular flexibility index (Phi) is 6.07. The van der Waals surface area contributed by atoms with Gasteiger partial charge in [0.2, 0.25) is 0 Å². The van der Waals surface area contributed by atoms with Gasteiger partial charge in [-0.2, -0.15) is 0 Å². The second-order valence-electron chi connectivity index (χ2n) is 8.76. The summed E-state index contributed by atoms with van der Waals surface area (Å²) >= 11 is 0. The number of hydrogen-bond donors (Lipinski definition) is 1. The summed E-state index contributed by atoms with van der Waals surface area (Å²) in [6, 6.07) is 4.13. The molecule has 1 fully saturated rings. The van der Waals surface area contributed by atoms with Gasteiger partial charge in [0.25, 0.3) is 0 Å². The Labute approximate surface area is 155 Å². The molecule has 6 heteroatoms. The van der Waals surface area contributed by atoms with E-state index in [0.717, 1.165) is 37.5 Å². The van der Waals surface area contributed by atoms with Gasteiger partial charge in [-0.3, -0.25) is 0 Å². The van der Waals surface area contributed by atoms with E-state index in [1.807, 2.05) is 6.07 Å². The van der Waals surface area contributed by atoms with Gasteiger partial charge in [-0.1, -0.05) is 20.8 Å². The number of anilines is 2. The van der Waals surface area contributed by atoms with Crippen molar-refractivity contribution in [3.63, 3.8) is 0 Å². The molecule has 0 amide bonds. The Morgan fingerprint density at radius 3 is 2.16 bits per heavy atom. The van der Waals surface area contributed by atoms with Gasteiger partial charge in [0.1, 0.15) is 5.75 Å². The van der Waals surface area contributed by atoms with Crippen LogP contribution in [0.4, 0.5) is 11.4 Å². The summed E-state index contributed by atoms with van der Waals surface area (Å²) < 4.78 is 12.0. The lowest BCUT2D eigenvalue weighted by atomic mass is 9.94. The molecule has 2 N–H and O–H groups in total. The van der Waals surface area contributed by atoms with Crippen LogP contribution >= 0.6 is 0 Å². The molecule has 0 aliphatic carbocycles. The highest BCUT2D eigenvalue weighted by Crippen LogP contribution is 2.40. The third-order valence-corrected chi connectivity index (χ3v) is 6.44. The lowest BCUT2D eigenvalue weighted by molar-refractivity contribution is 0.110. The van der Waals surface area contributed by atoms with Crippen LogP contribution in [0.25, 0.3) is 0 Å². The average Bonchev–Trinajstić information content (AvgIpc) is 2.53. The van der Waals surface area contributed by atoms with E-state index in [2.05, 4.69) is 57.5 Å². The van der Waals surface area contributed by atoms with Crippen molar-refractivity contribution in [2.75, 3.05) is 51.0 Å². The van der Waals surface area contributed by atoms with Gasteiger partial charge in [-0.25, -0.2) is 0 Å². The number of piperazine rings is 1. The molecule has 1 heterocycles. The van der Waals surface area contributed by atoms with Crippen molar-refractivity contribution < 1.29 is 9.16 Å². The Bertz CT molecular complexity index is 591. The highest BCUT2D eigenvalue weighted by atomic mass is 28.2. The van der Waals surface area contributed by atoms with Crippen LogP contribution in [-0.2, 0) is 10.0 Å². The molecule has 2 rings (SSSR count). The second kappa shape index (κ2) is 7.56. The monoisotopic (exact) mass is 365 g/mol. The SMILES string of the molecule is COc1cc(N2CCN(C)CC2)c(C(C)(C)O[SiH2]C(C)(C)C)cc1N. The normalized spacial score (nSPS) is 17.5. The summed E-state index contributed by atoms with van der Waals surface area (Å²) in [5.41, 5.74) is 8.89. The molecule has 25 heavy (non-hydrogen) atoms.